The lowest BCUT2D eigenvalue weighted by Gasteiger charge is -2.06. The van der Waals surface area contributed by atoms with Crippen molar-refractivity contribution < 1.29 is 0 Å². The Morgan fingerprint density at radius 3 is 2.88 bits per heavy atom. The summed E-state index contributed by atoms with van der Waals surface area (Å²) in [4.78, 5) is 0. The number of nitrogens with one attached hydrogen (secondary N) is 1. The van der Waals surface area contributed by atoms with E-state index in [-0.39, 0.29) is 0 Å². The van der Waals surface area contributed by atoms with Gasteiger partial charge in [0, 0.05) is 24.3 Å². The third-order valence-electron chi connectivity index (χ3n) is 2.64. The highest BCUT2D eigenvalue weighted by molar-refractivity contribution is 5.30. The van der Waals surface area contributed by atoms with Crippen molar-refractivity contribution in [1.29, 1.82) is 0 Å². The number of para-hydroxylation sites is 1. The Kier molecular flexibility index (Phi) is 3.73. The lowest BCUT2D eigenvalue weighted by atomic mass is 10.3. The quantitative estimate of drug-likeness (QED) is 0.795. The summed E-state index contributed by atoms with van der Waals surface area (Å²) in [7, 11) is 0. The van der Waals surface area contributed by atoms with Gasteiger partial charge in [0.1, 0.15) is 0 Å². The SMILES string of the molecule is C=CC(C)NCc1cnn(-c2ccccc2)c1. The van der Waals surface area contributed by atoms with E-state index in [9.17, 15) is 0 Å². The zero-order valence-electron chi connectivity index (χ0n) is 10.0. The van der Waals surface area contributed by atoms with E-state index in [1.165, 1.54) is 5.56 Å². The molecule has 0 aliphatic carbocycles. The van der Waals surface area contributed by atoms with Crippen molar-refractivity contribution in [2.24, 2.45) is 0 Å². The van der Waals surface area contributed by atoms with Crippen LogP contribution in [0.3, 0.4) is 0 Å². The molecule has 0 spiro atoms. The second-order valence-electron chi connectivity index (χ2n) is 4.03. The van der Waals surface area contributed by atoms with Gasteiger partial charge in [-0.1, -0.05) is 24.3 Å². The predicted molar refractivity (Wildman–Crippen MR) is 70.1 cm³/mol. The topological polar surface area (TPSA) is 29.9 Å². The summed E-state index contributed by atoms with van der Waals surface area (Å²) in [6.07, 6.45) is 5.82. The molecule has 0 aliphatic rings. The van der Waals surface area contributed by atoms with Crippen molar-refractivity contribution in [3.8, 4) is 5.69 Å². The molecule has 0 bridgehead atoms. The first-order valence-electron chi connectivity index (χ1n) is 5.74. The minimum atomic E-state index is 0.315. The first-order valence-corrected chi connectivity index (χ1v) is 5.74. The van der Waals surface area contributed by atoms with Crippen molar-refractivity contribution in [2.75, 3.05) is 0 Å². The number of benzene rings is 1. The van der Waals surface area contributed by atoms with E-state index >= 15 is 0 Å². The Morgan fingerprint density at radius 2 is 2.18 bits per heavy atom. The third kappa shape index (κ3) is 3.04. The normalized spacial score (nSPS) is 12.3. The highest BCUT2D eigenvalue weighted by Gasteiger charge is 2.01. The molecule has 0 saturated carbocycles. The number of rotatable bonds is 5. The largest absolute Gasteiger partial charge is 0.307 e. The number of aromatic nitrogens is 2. The Hall–Kier alpha value is -1.87. The Balaban J connectivity index is 2.04. The maximum Gasteiger partial charge on any atom is 0.0645 e. The molecule has 0 fully saturated rings. The van der Waals surface area contributed by atoms with Gasteiger partial charge in [0.15, 0.2) is 0 Å². The zero-order valence-corrected chi connectivity index (χ0v) is 10.0. The maximum atomic E-state index is 4.34. The summed E-state index contributed by atoms with van der Waals surface area (Å²) in [5, 5.41) is 7.68. The summed E-state index contributed by atoms with van der Waals surface area (Å²) < 4.78 is 1.88. The number of hydrogen-bond donors (Lipinski definition) is 1. The van der Waals surface area contributed by atoms with Crippen molar-refractivity contribution in [3.05, 3.63) is 60.9 Å². The molecule has 17 heavy (non-hydrogen) atoms. The van der Waals surface area contributed by atoms with E-state index in [2.05, 4.69) is 23.9 Å². The molecule has 1 heterocycles. The molecule has 0 radical (unpaired) electrons. The van der Waals surface area contributed by atoms with Crippen LogP contribution in [-0.4, -0.2) is 15.8 Å². The minimum absolute atomic E-state index is 0.315. The average Bonchev–Trinajstić information content (AvgIpc) is 2.86. The molecule has 3 nitrogen and oxygen atoms in total. The van der Waals surface area contributed by atoms with E-state index in [0.29, 0.717) is 6.04 Å². The molecular formula is C14H17N3. The van der Waals surface area contributed by atoms with Crippen molar-refractivity contribution >= 4 is 0 Å². The Morgan fingerprint density at radius 1 is 1.41 bits per heavy atom. The fourth-order valence-electron chi connectivity index (χ4n) is 1.54. The standard InChI is InChI=1S/C14H17N3/c1-3-12(2)15-9-13-10-16-17(11-13)14-7-5-4-6-8-14/h3-8,10-12,15H,1,9H2,2H3. The van der Waals surface area contributed by atoms with E-state index in [1.807, 2.05) is 53.5 Å². The first kappa shape index (κ1) is 11.6. The summed E-state index contributed by atoms with van der Waals surface area (Å²) >= 11 is 0. The molecule has 0 saturated heterocycles. The molecule has 1 unspecified atom stereocenters. The Bertz CT molecular complexity index is 473. The number of nitrogens with zero attached hydrogens (tertiary/aromatic N) is 2. The van der Waals surface area contributed by atoms with Crippen LogP contribution in [0.1, 0.15) is 12.5 Å². The van der Waals surface area contributed by atoms with Gasteiger partial charge in [-0.05, 0) is 19.1 Å². The van der Waals surface area contributed by atoms with Crippen molar-refractivity contribution in [3.63, 3.8) is 0 Å². The molecule has 3 heteroatoms. The zero-order chi connectivity index (χ0) is 12.1. The Labute approximate surface area is 102 Å². The van der Waals surface area contributed by atoms with E-state index in [0.717, 1.165) is 12.2 Å². The molecule has 0 aliphatic heterocycles. The molecular weight excluding hydrogens is 210 g/mol. The minimum Gasteiger partial charge on any atom is -0.307 e. The molecule has 1 aromatic heterocycles. The van der Waals surface area contributed by atoms with Crippen molar-refractivity contribution in [1.82, 2.24) is 15.1 Å². The van der Waals surface area contributed by atoms with E-state index in [1.54, 1.807) is 0 Å². The fourth-order valence-corrected chi connectivity index (χ4v) is 1.54. The fraction of sp³-hybridized carbons (Fsp3) is 0.214. The van der Waals surface area contributed by atoms with Crippen LogP contribution in [0.4, 0.5) is 0 Å². The molecule has 1 aromatic carbocycles. The van der Waals surface area contributed by atoms with Gasteiger partial charge in [0.05, 0.1) is 11.9 Å². The summed E-state index contributed by atoms with van der Waals surface area (Å²) in [6, 6.07) is 10.4. The summed E-state index contributed by atoms with van der Waals surface area (Å²) in [5.74, 6) is 0. The lowest BCUT2D eigenvalue weighted by Crippen LogP contribution is -2.22. The van der Waals surface area contributed by atoms with Crippen LogP contribution in [0.15, 0.2) is 55.4 Å². The van der Waals surface area contributed by atoms with Gasteiger partial charge < -0.3 is 5.32 Å². The van der Waals surface area contributed by atoms with Crippen LogP contribution in [0, 0.1) is 0 Å². The van der Waals surface area contributed by atoms with Crippen molar-refractivity contribution in [2.45, 2.75) is 19.5 Å². The van der Waals surface area contributed by atoms with E-state index in [4.69, 9.17) is 0 Å². The van der Waals surface area contributed by atoms with Gasteiger partial charge in [0.2, 0.25) is 0 Å². The van der Waals surface area contributed by atoms with Gasteiger partial charge in [0.25, 0.3) is 0 Å². The van der Waals surface area contributed by atoms with Crippen LogP contribution < -0.4 is 5.32 Å². The average molecular weight is 227 g/mol. The highest BCUT2D eigenvalue weighted by Crippen LogP contribution is 2.07. The smallest absolute Gasteiger partial charge is 0.0645 e. The van der Waals surface area contributed by atoms with Crippen LogP contribution in [0.5, 0.6) is 0 Å². The summed E-state index contributed by atoms with van der Waals surface area (Å²) in [6.45, 7) is 6.63. The van der Waals surface area contributed by atoms with Gasteiger partial charge in [-0.25, -0.2) is 4.68 Å². The van der Waals surface area contributed by atoms with Gasteiger partial charge >= 0.3 is 0 Å². The molecule has 2 aromatic rings. The molecule has 1 atom stereocenters. The molecule has 1 N–H and O–H groups in total. The third-order valence-corrected chi connectivity index (χ3v) is 2.64. The second-order valence-corrected chi connectivity index (χ2v) is 4.03. The molecule has 0 amide bonds. The second kappa shape index (κ2) is 5.46. The van der Waals surface area contributed by atoms with Gasteiger partial charge in [-0.15, -0.1) is 6.58 Å². The van der Waals surface area contributed by atoms with Crippen LogP contribution in [-0.2, 0) is 6.54 Å². The lowest BCUT2D eigenvalue weighted by molar-refractivity contribution is 0.634. The molecule has 2 rings (SSSR count). The first-order chi connectivity index (χ1) is 8.29. The highest BCUT2D eigenvalue weighted by atomic mass is 15.3. The number of hydrogen-bond acceptors (Lipinski definition) is 2. The van der Waals surface area contributed by atoms with E-state index < -0.39 is 0 Å². The van der Waals surface area contributed by atoms with Crippen LogP contribution in [0.2, 0.25) is 0 Å². The van der Waals surface area contributed by atoms with Crippen LogP contribution >= 0.6 is 0 Å². The van der Waals surface area contributed by atoms with Gasteiger partial charge in [-0.3, -0.25) is 0 Å². The van der Waals surface area contributed by atoms with Crippen LogP contribution in [0.25, 0.3) is 5.69 Å². The molecule has 88 valence electrons. The van der Waals surface area contributed by atoms with Gasteiger partial charge in [-0.2, -0.15) is 5.10 Å². The predicted octanol–water partition coefficient (Wildman–Crippen LogP) is 2.54. The summed E-state index contributed by atoms with van der Waals surface area (Å²) in [5.41, 5.74) is 2.25. The monoisotopic (exact) mass is 227 g/mol. The maximum absolute atomic E-state index is 4.34.